The van der Waals surface area contributed by atoms with Gasteiger partial charge in [-0.2, -0.15) is 0 Å². The van der Waals surface area contributed by atoms with Crippen LogP contribution < -0.4 is 16.6 Å². The number of hydrazine groups is 1. The fourth-order valence-electron chi connectivity index (χ4n) is 2.03. The number of nitrogens with one attached hydrogen (secondary N) is 2. The summed E-state index contributed by atoms with van der Waals surface area (Å²) in [6, 6.07) is 6.31. The van der Waals surface area contributed by atoms with E-state index in [0.717, 1.165) is 23.5 Å². The van der Waals surface area contributed by atoms with E-state index in [1.165, 1.54) is 17.5 Å². The standard InChI is InChI=1S/C14H19N5/c1-4-11-5-6-12(7-9(11)2)18-13-10(3)14(19-15)17-8-16-13/h5-8H,4,15H2,1-3H3,(H2,16,17,18,19). The molecule has 100 valence electrons. The largest absolute Gasteiger partial charge is 0.340 e. The summed E-state index contributed by atoms with van der Waals surface area (Å²) in [6.07, 6.45) is 2.53. The summed E-state index contributed by atoms with van der Waals surface area (Å²) in [6.45, 7) is 6.19. The molecule has 1 heterocycles. The van der Waals surface area contributed by atoms with E-state index in [2.05, 4.69) is 52.8 Å². The fourth-order valence-corrected chi connectivity index (χ4v) is 2.03. The predicted octanol–water partition coefficient (Wildman–Crippen LogP) is 2.69. The Balaban J connectivity index is 2.29. The topological polar surface area (TPSA) is 75.9 Å². The Hall–Kier alpha value is -2.14. The highest BCUT2D eigenvalue weighted by Gasteiger charge is 2.06. The monoisotopic (exact) mass is 257 g/mol. The zero-order valence-corrected chi connectivity index (χ0v) is 11.5. The Morgan fingerprint density at radius 3 is 2.53 bits per heavy atom. The van der Waals surface area contributed by atoms with Crippen LogP contribution in [0.25, 0.3) is 0 Å². The molecular formula is C14H19N5. The number of hydrogen-bond acceptors (Lipinski definition) is 5. The zero-order valence-electron chi connectivity index (χ0n) is 11.5. The Morgan fingerprint density at radius 2 is 1.89 bits per heavy atom. The van der Waals surface area contributed by atoms with Gasteiger partial charge in [0.25, 0.3) is 0 Å². The van der Waals surface area contributed by atoms with Crippen molar-refractivity contribution in [3.8, 4) is 0 Å². The van der Waals surface area contributed by atoms with Crippen molar-refractivity contribution in [1.82, 2.24) is 9.97 Å². The molecule has 0 atom stereocenters. The van der Waals surface area contributed by atoms with Crippen LogP contribution in [0.2, 0.25) is 0 Å². The highest BCUT2D eigenvalue weighted by atomic mass is 15.3. The SMILES string of the molecule is CCc1ccc(Nc2ncnc(NN)c2C)cc1C. The molecule has 0 unspecified atom stereocenters. The quantitative estimate of drug-likeness (QED) is 0.580. The number of benzene rings is 1. The molecule has 5 heteroatoms. The highest BCUT2D eigenvalue weighted by molar-refractivity contribution is 5.64. The molecule has 0 saturated carbocycles. The number of nitrogens with two attached hydrogens (primary N) is 1. The van der Waals surface area contributed by atoms with Gasteiger partial charge in [-0.25, -0.2) is 15.8 Å². The number of anilines is 3. The highest BCUT2D eigenvalue weighted by Crippen LogP contribution is 2.23. The molecule has 2 rings (SSSR count). The van der Waals surface area contributed by atoms with Gasteiger partial charge in [-0.15, -0.1) is 0 Å². The van der Waals surface area contributed by atoms with Gasteiger partial charge in [0, 0.05) is 11.3 Å². The lowest BCUT2D eigenvalue weighted by Gasteiger charge is -2.12. The molecule has 0 aliphatic rings. The van der Waals surface area contributed by atoms with Crippen LogP contribution in [-0.4, -0.2) is 9.97 Å². The Kier molecular flexibility index (Phi) is 3.97. The molecule has 0 bridgehead atoms. The van der Waals surface area contributed by atoms with E-state index in [9.17, 15) is 0 Å². The van der Waals surface area contributed by atoms with Gasteiger partial charge in [0.2, 0.25) is 0 Å². The molecule has 0 aliphatic carbocycles. The molecule has 19 heavy (non-hydrogen) atoms. The van der Waals surface area contributed by atoms with E-state index in [1.54, 1.807) is 0 Å². The van der Waals surface area contributed by atoms with Crippen LogP contribution in [0.3, 0.4) is 0 Å². The zero-order chi connectivity index (χ0) is 13.8. The molecule has 0 saturated heterocycles. The first-order valence-electron chi connectivity index (χ1n) is 6.30. The second-order valence-corrected chi connectivity index (χ2v) is 4.46. The average Bonchev–Trinajstić information content (AvgIpc) is 2.41. The maximum Gasteiger partial charge on any atom is 0.148 e. The minimum atomic E-state index is 0.624. The molecule has 5 nitrogen and oxygen atoms in total. The number of aromatic nitrogens is 2. The molecule has 0 amide bonds. The number of aryl methyl sites for hydroxylation is 2. The first kappa shape index (κ1) is 13.3. The van der Waals surface area contributed by atoms with Gasteiger partial charge in [-0.05, 0) is 43.5 Å². The van der Waals surface area contributed by atoms with E-state index in [1.807, 2.05) is 6.92 Å². The average molecular weight is 257 g/mol. The molecule has 4 N–H and O–H groups in total. The minimum absolute atomic E-state index is 0.624. The molecule has 0 spiro atoms. The number of rotatable bonds is 4. The first-order chi connectivity index (χ1) is 9.15. The molecule has 1 aromatic heterocycles. The maximum absolute atomic E-state index is 5.41. The minimum Gasteiger partial charge on any atom is -0.340 e. The predicted molar refractivity (Wildman–Crippen MR) is 78.4 cm³/mol. The van der Waals surface area contributed by atoms with Crippen molar-refractivity contribution in [2.75, 3.05) is 10.7 Å². The van der Waals surface area contributed by atoms with Crippen LogP contribution in [0.1, 0.15) is 23.6 Å². The van der Waals surface area contributed by atoms with Crippen LogP contribution in [-0.2, 0) is 6.42 Å². The van der Waals surface area contributed by atoms with Crippen molar-refractivity contribution >= 4 is 17.3 Å². The van der Waals surface area contributed by atoms with Crippen molar-refractivity contribution in [3.05, 3.63) is 41.2 Å². The van der Waals surface area contributed by atoms with Gasteiger partial charge in [0.15, 0.2) is 0 Å². The van der Waals surface area contributed by atoms with Crippen LogP contribution in [0.5, 0.6) is 0 Å². The third-order valence-electron chi connectivity index (χ3n) is 3.21. The van der Waals surface area contributed by atoms with Crippen molar-refractivity contribution in [2.24, 2.45) is 5.84 Å². The van der Waals surface area contributed by atoms with Crippen molar-refractivity contribution in [2.45, 2.75) is 27.2 Å². The molecule has 1 aromatic carbocycles. The maximum atomic E-state index is 5.41. The molecule has 2 aromatic rings. The second kappa shape index (κ2) is 5.67. The lowest BCUT2D eigenvalue weighted by Crippen LogP contribution is -2.11. The van der Waals surface area contributed by atoms with Crippen LogP contribution in [0, 0.1) is 13.8 Å². The lowest BCUT2D eigenvalue weighted by molar-refractivity contribution is 1.10. The molecular weight excluding hydrogens is 238 g/mol. The third kappa shape index (κ3) is 2.82. The van der Waals surface area contributed by atoms with E-state index >= 15 is 0 Å². The number of hydrogen-bond donors (Lipinski definition) is 3. The van der Waals surface area contributed by atoms with Gasteiger partial charge < -0.3 is 10.7 Å². The van der Waals surface area contributed by atoms with Gasteiger partial charge in [-0.1, -0.05) is 13.0 Å². The third-order valence-corrected chi connectivity index (χ3v) is 3.21. The van der Waals surface area contributed by atoms with E-state index in [4.69, 9.17) is 5.84 Å². The van der Waals surface area contributed by atoms with E-state index in [0.29, 0.717) is 5.82 Å². The normalized spacial score (nSPS) is 10.3. The summed E-state index contributed by atoms with van der Waals surface area (Å²) < 4.78 is 0. The summed E-state index contributed by atoms with van der Waals surface area (Å²) >= 11 is 0. The summed E-state index contributed by atoms with van der Waals surface area (Å²) in [5.74, 6) is 6.79. The van der Waals surface area contributed by atoms with E-state index in [-0.39, 0.29) is 0 Å². The Bertz CT molecular complexity index is 580. The van der Waals surface area contributed by atoms with Gasteiger partial charge in [0.1, 0.15) is 18.0 Å². The van der Waals surface area contributed by atoms with Gasteiger partial charge in [0.05, 0.1) is 0 Å². The first-order valence-corrected chi connectivity index (χ1v) is 6.30. The van der Waals surface area contributed by atoms with Crippen molar-refractivity contribution < 1.29 is 0 Å². The summed E-state index contributed by atoms with van der Waals surface area (Å²) in [5.41, 5.74) is 7.09. The van der Waals surface area contributed by atoms with Crippen LogP contribution >= 0.6 is 0 Å². The Morgan fingerprint density at radius 1 is 1.16 bits per heavy atom. The number of nitrogen functional groups attached to an aromatic ring is 1. The van der Waals surface area contributed by atoms with Crippen LogP contribution in [0.15, 0.2) is 24.5 Å². The lowest BCUT2D eigenvalue weighted by atomic mass is 10.1. The second-order valence-electron chi connectivity index (χ2n) is 4.46. The van der Waals surface area contributed by atoms with Crippen molar-refractivity contribution in [1.29, 1.82) is 0 Å². The summed E-state index contributed by atoms with van der Waals surface area (Å²) in [7, 11) is 0. The molecule has 0 aliphatic heterocycles. The molecule has 0 radical (unpaired) electrons. The number of nitrogens with zero attached hydrogens (tertiary/aromatic N) is 2. The fraction of sp³-hybridized carbons (Fsp3) is 0.286. The van der Waals surface area contributed by atoms with Gasteiger partial charge in [-0.3, -0.25) is 0 Å². The smallest absolute Gasteiger partial charge is 0.148 e. The van der Waals surface area contributed by atoms with Crippen molar-refractivity contribution in [3.63, 3.8) is 0 Å². The van der Waals surface area contributed by atoms with Gasteiger partial charge >= 0.3 is 0 Å². The summed E-state index contributed by atoms with van der Waals surface area (Å²) in [4.78, 5) is 8.29. The Labute approximate surface area is 113 Å². The summed E-state index contributed by atoms with van der Waals surface area (Å²) in [5, 5.41) is 3.29. The van der Waals surface area contributed by atoms with Crippen LogP contribution in [0.4, 0.5) is 17.3 Å². The molecule has 0 fully saturated rings. The van der Waals surface area contributed by atoms with E-state index < -0.39 is 0 Å².